The Morgan fingerprint density at radius 2 is 0.462 bits per heavy atom. The van der Waals surface area contributed by atoms with Crippen LogP contribution in [0.3, 0.4) is 0 Å². The molecular formula is C133H119N9O3. The van der Waals surface area contributed by atoms with Crippen molar-refractivity contribution < 1.29 is 0 Å². The third kappa shape index (κ3) is 27.9. The minimum absolute atomic E-state index is 0.0727. The molecule has 6 heterocycles. The van der Waals surface area contributed by atoms with E-state index < -0.39 is 0 Å². The first-order valence-electron chi connectivity index (χ1n) is 49.2. The van der Waals surface area contributed by atoms with Gasteiger partial charge in [-0.25, -0.2) is 24.6 Å². The molecule has 0 atom stereocenters. The van der Waals surface area contributed by atoms with Crippen LogP contribution in [0.15, 0.2) is 481 Å². The smallest absolute Gasteiger partial charge is 0.264 e. The summed E-state index contributed by atoms with van der Waals surface area (Å²) in [7, 11) is 0. The molecular weight excluding hydrogens is 1770 g/mol. The number of nitriles is 1. The van der Waals surface area contributed by atoms with Gasteiger partial charge in [-0.1, -0.05) is 470 Å². The Hall–Kier alpha value is -18.2. The predicted molar refractivity (Wildman–Crippen MR) is 612 cm³/mol. The lowest BCUT2D eigenvalue weighted by molar-refractivity contribution is 1.14. The van der Waals surface area contributed by atoms with Gasteiger partial charge in [0.2, 0.25) is 0 Å². The quantitative estimate of drug-likeness (QED) is 0.151. The largest absolute Gasteiger partial charge is 0.268 e. The van der Waals surface area contributed by atoms with Gasteiger partial charge in [-0.2, -0.15) is 5.26 Å². The standard InChI is InChI=1S/3C19H9N3O.6C8H10.4C7H8/c2*1-20-12-8-9-15-16(10-12)22-18(21-15)13-6-2-4-11-5-3-7-14(17(11)13)19(22)23;20-10-11-7-8-16-15(9-11)21-18-13-5-1-3-12-4-2-6-14(17(12)13)19(23)22(16)18;6*1-2-8-6-4-3-5-7-8;4*1-7-5-3-2-4-6-7/h2*2-10H;1-9H;6*3-7H,2H2,1H3;4*2-6H,1H3. The van der Waals surface area contributed by atoms with Crippen molar-refractivity contribution in [1.29, 1.82) is 5.26 Å². The van der Waals surface area contributed by atoms with Crippen LogP contribution in [0.1, 0.15) is 103 Å². The van der Waals surface area contributed by atoms with E-state index in [4.69, 9.17) is 18.4 Å². The van der Waals surface area contributed by atoms with E-state index >= 15 is 0 Å². The molecule has 0 unspecified atom stereocenters. The molecule has 0 saturated heterocycles. The molecule has 12 heteroatoms. The molecule has 0 aliphatic rings. The van der Waals surface area contributed by atoms with E-state index in [1.54, 1.807) is 67.8 Å². The zero-order chi connectivity index (χ0) is 102. The molecule has 0 fully saturated rings. The third-order valence-corrected chi connectivity index (χ3v) is 24.3. The van der Waals surface area contributed by atoms with Gasteiger partial charge >= 0.3 is 0 Å². The minimum atomic E-state index is -0.0890. The van der Waals surface area contributed by atoms with Crippen LogP contribution in [0.4, 0.5) is 11.4 Å². The molecule has 145 heavy (non-hydrogen) atoms. The van der Waals surface area contributed by atoms with E-state index in [0.717, 1.165) is 104 Å². The fourth-order valence-corrected chi connectivity index (χ4v) is 16.5. The van der Waals surface area contributed by atoms with E-state index in [1.165, 1.54) is 55.6 Å². The summed E-state index contributed by atoms with van der Waals surface area (Å²) in [6.07, 6.45) is 6.84. The number of rotatable bonds is 6. The highest BCUT2D eigenvalue weighted by Crippen LogP contribution is 2.35. The van der Waals surface area contributed by atoms with E-state index in [9.17, 15) is 14.4 Å². The number of benzene rings is 19. The monoisotopic (exact) mass is 1890 g/mol. The Labute approximate surface area is 849 Å². The number of pyridine rings is 3. The summed E-state index contributed by atoms with van der Waals surface area (Å²) in [5.41, 5.74) is 21.2. The van der Waals surface area contributed by atoms with Crippen LogP contribution in [0.2, 0.25) is 0 Å². The summed E-state index contributed by atoms with van der Waals surface area (Å²) < 4.78 is 4.90. The fraction of sp³-hybridized carbons (Fsp3) is 0.120. The molecule has 25 aromatic rings. The summed E-state index contributed by atoms with van der Waals surface area (Å²) in [4.78, 5) is 59.8. The Morgan fingerprint density at radius 1 is 0.241 bits per heavy atom. The van der Waals surface area contributed by atoms with E-state index in [-0.39, 0.29) is 16.7 Å². The highest BCUT2D eigenvalue weighted by Gasteiger charge is 2.20. The van der Waals surface area contributed by atoms with Gasteiger partial charge in [0, 0.05) is 48.5 Å². The first-order chi connectivity index (χ1) is 71.0. The molecule has 0 amide bonds. The van der Waals surface area contributed by atoms with Crippen molar-refractivity contribution >= 4 is 126 Å². The second-order valence-corrected chi connectivity index (χ2v) is 34.4. The second kappa shape index (κ2) is 53.9. The Kier molecular flexibility index (Phi) is 38.7. The van der Waals surface area contributed by atoms with Crippen molar-refractivity contribution in [2.45, 2.75) is 108 Å². The summed E-state index contributed by atoms with van der Waals surface area (Å²) in [6, 6.07) is 157. The molecule has 714 valence electrons. The Morgan fingerprint density at radius 3 is 0.669 bits per heavy atom. The Balaban J connectivity index is 0.000000137. The van der Waals surface area contributed by atoms with Gasteiger partial charge in [-0.05, 0) is 176 Å². The summed E-state index contributed by atoms with van der Waals surface area (Å²) >= 11 is 0. The van der Waals surface area contributed by atoms with E-state index in [2.05, 4.69) is 294 Å². The van der Waals surface area contributed by atoms with Crippen molar-refractivity contribution in [1.82, 2.24) is 28.2 Å². The number of nitrogens with zero attached hydrogens (tertiary/aromatic N) is 9. The molecule has 0 bridgehead atoms. The maximum Gasteiger partial charge on any atom is 0.264 e. The van der Waals surface area contributed by atoms with Crippen molar-refractivity contribution in [3.63, 3.8) is 0 Å². The SMILES string of the molecule is CCc1ccccc1.CCc1ccccc1.CCc1ccccc1.CCc1ccccc1.CCc1ccccc1.CCc1ccccc1.Cc1ccccc1.Cc1ccccc1.Cc1ccccc1.Cc1ccccc1.N#Cc1ccc2c(c1)nc1c3cccc4cccc(c(=O)n21)c43.[C-]#[N+]c1ccc2nc3c4cccc5cccc(c(=O)n3c2c1)c54.[C-]#[N+]c1ccc2nc3c4cccc5cccc(c(=O)n3c2c1)c54. The average Bonchev–Trinajstić information content (AvgIpc) is 1.59. The van der Waals surface area contributed by atoms with Gasteiger partial charge in [0.15, 0.2) is 11.4 Å². The molecule has 25 rings (SSSR count). The van der Waals surface area contributed by atoms with Gasteiger partial charge in [0.1, 0.15) is 16.9 Å². The van der Waals surface area contributed by atoms with Crippen LogP contribution < -0.4 is 16.7 Å². The van der Waals surface area contributed by atoms with E-state index in [1.807, 2.05) is 218 Å². The topological polar surface area (TPSA) is 136 Å². The zero-order valence-electron chi connectivity index (χ0n) is 83.9. The fourth-order valence-electron chi connectivity index (χ4n) is 16.5. The van der Waals surface area contributed by atoms with Crippen LogP contribution >= 0.6 is 0 Å². The normalized spacial score (nSPS) is 10.2. The number of aromatic nitrogens is 6. The highest BCUT2D eigenvalue weighted by molar-refractivity contribution is 6.18. The summed E-state index contributed by atoms with van der Waals surface area (Å²) in [5, 5.41) is 19.9. The van der Waals surface area contributed by atoms with Gasteiger partial charge < -0.3 is 0 Å². The van der Waals surface area contributed by atoms with Crippen LogP contribution in [-0.4, -0.2) is 28.2 Å². The molecule has 12 nitrogen and oxygen atoms in total. The second-order valence-electron chi connectivity index (χ2n) is 34.4. The first kappa shape index (κ1) is 104. The maximum atomic E-state index is 13.0. The van der Waals surface area contributed by atoms with E-state index in [0.29, 0.717) is 66.6 Å². The van der Waals surface area contributed by atoms with Crippen LogP contribution in [0, 0.1) is 52.2 Å². The highest BCUT2D eigenvalue weighted by atomic mass is 16.1. The lowest BCUT2D eigenvalue weighted by atomic mass is 10.0. The summed E-state index contributed by atoms with van der Waals surface area (Å²) in [5.74, 6) is 0. The first-order valence-corrected chi connectivity index (χ1v) is 49.2. The molecule has 0 radical (unpaired) electrons. The third-order valence-electron chi connectivity index (χ3n) is 24.3. The maximum absolute atomic E-state index is 13.0. The molecule has 0 N–H and O–H groups in total. The lowest BCUT2D eigenvalue weighted by Crippen LogP contribution is -2.13. The number of hydrogen-bond acceptors (Lipinski definition) is 7. The Bertz CT molecular complexity index is 7930. The van der Waals surface area contributed by atoms with Gasteiger partial charge in [0.05, 0.1) is 57.9 Å². The van der Waals surface area contributed by atoms with Crippen molar-refractivity contribution in [2.24, 2.45) is 0 Å². The molecule has 19 aromatic carbocycles. The molecule has 0 aliphatic carbocycles. The average molecular weight is 1890 g/mol. The molecule has 0 saturated carbocycles. The number of hydrogen-bond donors (Lipinski definition) is 0. The van der Waals surface area contributed by atoms with Gasteiger partial charge in [-0.3, -0.25) is 27.6 Å². The van der Waals surface area contributed by atoms with Gasteiger partial charge in [-0.15, -0.1) is 0 Å². The van der Waals surface area contributed by atoms with Crippen molar-refractivity contribution in [2.75, 3.05) is 0 Å². The van der Waals surface area contributed by atoms with Crippen molar-refractivity contribution in [3.8, 4) is 6.07 Å². The zero-order valence-corrected chi connectivity index (χ0v) is 83.9. The van der Waals surface area contributed by atoms with Crippen LogP contribution in [0.5, 0.6) is 0 Å². The lowest BCUT2D eigenvalue weighted by Gasteiger charge is -2.06. The molecule has 0 spiro atoms. The number of imidazole rings is 3. The summed E-state index contributed by atoms with van der Waals surface area (Å²) in [6.45, 7) is 35.7. The number of aryl methyl sites for hydroxylation is 10. The van der Waals surface area contributed by atoms with Crippen LogP contribution in [0.25, 0.3) is 124 Å². The van der Waals surface area contributed by atoms with Crippen LogP contribution in [-0.2, 0) is 38.5 Å². The molecule has 0 aliphatic heterocycles. The minimum Gasteiger partial charge on any atom is -0.268 e. The van der Waals surface area contributed by atoms with Crippen molar-refractivity contribution in [3.05, 3.63) is 582 Å². The molecule has 6 aromatic heterocycles. The predicted octanol–water partition coefficient (Wildman–Crippen LogP) is 33.2. The number of fused-ring (bicyclic) bond motifs is 12. The van der Waals surface area contributed by atoms with Gasteiger partial charge in [0.25, 0.3) is 16.7 Å².